The molecule has 1 heterocycles. The fraction of sp³-hybridized carbons (Fsp3) is 0.833. The lowest BCUT2D eigenvalue weighted by molar-refractivity contribution is -0.121. The number of fused-ring (bicyclic) bond motifs is 1. The smallest absolute Gasteiger partial charge is 0.408 e. The molecule has 1 saturated carbocycles. The monoisotopic (exact) mass is 240 g/mol. The second-order valence-corrected chi connectivity index (χ2v) is 5.83. The highest BCUT2D eigenvalue weighted by Gasteiger charge is 2.45. The molecule has 1 aliphatic heterocycles. The molecule has 96 valence electrons. The molecule has 0 spiro atoms. The first-order valence-corrected chi connectivity index (χ1v) is 6.17. The predicted molar refractivity (Wildman–Crippen MR) is 62.4 cm³/mol. The number of alkyl carbamates (subject to hydrolysis) is 1. The van der Waals surface area contributed by atoms with Gasteiger partial charge in [-0.25, -0.2) is 4.79 Å². The largest absolute Gasteiger partial charge is 0.444 e. The van der Waals surface area contributed by atoms with Gasteiger partial charge in [-0.2, -0.15) is 0 Å². The van der Waals surface area contributed by atoms with Crippen LogP contribution in [0.15, 0.2) is 0 Å². The number of amides is 2. The number of carbonyl (C=O) groups excluding carboxylic acids is 2. The van der Waals surface area contributed by atoms with Gasteiger partial charge in [0.05, 0.1) is 0 Å². The fourth-order valence-corrected chi connectivity index (χ4v) is 2.64. The number of rotatable bonds is 1. The van der Waals surface area contributed by atoms with E-state index in [2.05, 4.69) is 10.6 Å². The maximum Gasteiger partial charge on any atom is 0.408 e. The van der Waals surface area contributed by atoms with Crippen LogP contribution < -0.4 is 10.6 Å². The Morgan fingerprint density at radius 2 is 2.12 bits per heavy atom. The van der Waals surface area contributed by atoms with Gasteiger partial charge < -0.3 is 15.4 Å². The molecule has 2 fully saturated rings. The van der Waals surface area contributed by atoms with Crippen LogP contribution in [0.1, 0.15) is 40.0 Å². The lowest BCUT2D eigenvalue weighted by Crippen LogP contribution is -2.45. The maximum atomic E-state index is 11.7. The average Bonchev–Trinajstić information content (AvgIpc) is 2.67. The summed E-state index contributed by atoms with van der Waals surface area (Å²) in [6.07, 6.45) is 2.61. The molecule has 17 heavy (non-hydrogen) atoms. The van der Waals surface area contributed by atoms with E-state index < -0.39 is 17.7 Å². The standard InChI is InChI=1S/C12H20N2O3/c1-12(2,3)17-11(16)14-9-7-5-4-6-8(7)13-10(9)15/h7-9H,4-6H2,1-3H3,(H,13,15)(H,14,16)/t7-,8+,9-/m0/s1. The molecule has 0 aromatic carbocycles. The molecular weight excluding hydrogens is 220 g/mol. The molecule has 0 aromatic rings. The van der Waals surface area contributed by atoms with E-state index >= 15 is 0 Å². The molecule has 1 aliphatic carbocycles. The van der Waals surface area contributed by atoms with Crippen LogP contribution in [0.3, 0.4) is 0 Å². The summed E-state index contributed by atoms with van der Waals surface area (Å²) in [5, 5.41) is 5.61. The Morgan fingerprint density at radius 1 is 1.41 bits per heavy atom. The number of hydrogen-bond acceptors (Lipinski definition) is 3. The van der Waals surface area contributed by atoms with E-state index in [-0.39, 0.29) is 17.9 Å². The fourth-order valence-electron chi connectivity index (χ4n) is 2.64. The van der Waals surface area contributed by atoms with Gasteiger partial charge in [-0.15, -0.1) is 0 Å². The number of nitrogens with one attached hydrogen (secondary N) is 2. The molecule has 0 bridgehead atoms. The summed E-state index contributed by atoms with van der Waals surface area (Å²) in [5.74, 6) is 0.153. The summed E-state index contributed by atoms with van der Waals surface area (Å²) in [6, 6.07) is -0.181. The molecule has 5 nitrogen and oxygen atoms in total. The number of ether oxygens (including phenoxy) is 1. The zero-order valence-electron chi connectivity index (χ0n) is 10.6. The molecule has 2 amide bonds. The van der Waals surface area contributed by atoms with Gasteiger partial charge in [0, 0.05) is 12.0 Å². The van der Waals surface area contributed by atoms with Crippen LogP contribution in [-0.4, -0.2) is 29.7 Å². The van der Waals surface area contributed by atoms with E-state index in [0.717, 1.165) is 19.3 Å². The van der Waals surface area contributed by atoms with Crippen LogP contribution >= 0.6 is 0 Å². The summed E-state index contributed by atoms with van der Waals surface area (Å²) < 4.78 is 5.17. The van der Waals surface area contributed by atoms with Crippen LogP contribution in [0.5, 0.6) is 0 Å². The summed E-state index contributed by atoms with van der Waals surface area (Å²) in [6.45, 7) is 5.42. The first-order chi connectivity index (χ1) is 7.87. The molecule has 2 rings (SSSR count). The topological polar surface area (TPSA) is 67.4 Å². The van der Waals surface area contributed by atoms with Crippen LogP contribution in [0.4, 0.5) is 4.79 Å². The highest BCUT2D eigenvalue weighted by molar-refractivity contribution is 5.88. The number of carbonyl (C=O) groups is 2. The third kappa shape index (κ3) is 2.70. The van der Waals surface area contributed by atoms with Crippen molar-refractivity contribution < 1.29 is 14.3 Å². The van der Waals surface area contributed by atoms with E-state index in [1.165, 1.54) is 0 Å². The van der Waals surface area contributed by atoms with Crippen molar-refractivity contribution in [2.24, 2.45) is 5.92 Å². The van der Waals surface area contributed by atoms with Crippen LogP contribution in [-0.2, 0) is 9.53 Å². The summed E-state index contributed by atoms with van der Waals surface area (Å²) in [7, 11) is 0. The highest BCUT2D eigenvalue weighted by atomic mass is 16.6. The minimum atomic E-state index is -0.533. The predicted octanol–water partition coefficient (Wildman–Crippen LogP) is 1.18. The molecule has 2 aliphatic rings. The third-order valence-corrected chi connectivity index (χ3v) is 3.28. The van der Waals surface area contributed by atoms with E-state index in [1.807, 2.05) is 0 Å². The Hall–Kier alpha value is -1.26. The van der Waals surface area contributed by atoms with Gasteiger partial charge in [0.25, 0.3) is 0 Å². The maximum absolute atomic E-state index is 11.7. The Labute approximate surface area is 101 Å². The normalized spacial score (nSPS) is 31.9. The molecule has 5 heteroatoms. The zero-order valence-corrected chi connectivity index (χ0v) is 10.6. The van der Waals surface area contributed by atoms with Crippen molar-refractivity contribution >= 4 is 12.0 Å². The van der Waals surface area contributed by atoms with E-state index in [4.69, 9.17) is 4.74 Å². The Bertz CT molecular complexity index is 335. The minimum absolute atomic E-state index is 0.0782. The molecule has 1 saturated heterocycles. The van der Waals surface area contributed by atoms with E-state index in [9.17, 15) is 9.59 Å². The van der Waals surface area contributed by atoms with Gasteiger partial charge in [-0.3, -0.25) is 4.79 Å². The van der Waals surface area contributed by atoms with Crippen molar-refractivity contribution in [2.45, 2.75) is 57.7 Å². The average molecular weight is 240 g/mol. The molecule has 0 radical (unpaired) electrons. The second kappa shape index (κ2) is 4.20. The molecule has 2 N–H and O–H groups in total. The van der Waals surface area contributed by atoms with Gasteiger partial charge in [-0.05, 0) is 33.6 Å². The highest BCUT2D eigenvalue weighted by Crippen LogP contribution is 2.32. The van der Waals surface area contributed by atoms with Crippen molar-refractivity contribution in [2.75, 3.05) is 0 Å². The van der Waals surface area contributed by atoms with Crippen molar-refractivity contribution in [3.8, 4) is 0 Å². The Balaban J connectivity index is 1.94. The van der Waals surface area contributed by atoms with E-state index in [0.29, 0.717) is 0 Å². The van der Waals surface area contributed by atoms with Gasteiger partial charge in [0.1, 0.15) is 11.6 Å². The summed E-state index contributed by atoms with van der Waals surface area (Å²) in [4.78, 5) is 23.3. The van der Waals surface area contributed by atoms with Crippen LogP contribution in [0, 0.1) is 5.92 Å². The lowest BCUT2D eigenvalue weighted by atomic mass is 9.99. The first-order valence-electron chi connectivity index (χ1n) is 6.17. The van der Waals surface area contributed by atoms with Crippen molar-refractivity contribution in [1.29, 1.82) is 0 Å². The van der Waals surface area contributed by atoms with Gasteiger partial charge in [0.2, 0.25) is 5.91 Å². The van der Waals surface area contributed by atoms with Crippen molar-refractivity contribution in [3.63, 3.8) is 0 Å². The number of hydrogen-bond donors (Lipinski definition) is 2. The van der Waals surface area contributed by atoms with Crippen LogP contribution in [0.2, 0.25) is 0 Å². The molecular formula is C12H20N2O3. The van der Waals surface area contributed by atoms with Crippen molar-refractivity contribution in [1.82, 2.24) is 10.6 Å². The summed E-state index contributed by atoms with van der Waals surface area (Å²) >= 11 is 0. The first kappa shape index (κ1) is 12.2. The van der Waals surface area contributed by atoms with E-state index in [1.54, 1.807) is 20.8 Å². The Morgan fingerprint density at radius 3 is 2.76 bits per heavy atom. The van der Waals surface area contributed by atoms with Gasteiger partial charge in [-0.1, -0.05) is 6.42 Å². The second-order valence-electron chi connectivity index (χ2n) is 5.83. The molecule has 3 atom stereocenters. The van der Waals surface area contributed by atoms with Crippen molar-refractivity contribution in [3.05, 3.63) is 0 Å². The molecule has 0 unspecified atom stereocenters. The van der Waals surface area contributed by atoms with Crippen LogP contribution in [0.25, 0.3) is 0 Å². The minimum Gasteiger partial charge on any atom is -0.444 e. The third-order valence-electron chi connectivity index (χ3n) is 3.28. The van der Waals surface area contributed by atoms with Gasteiger partial charge in [0.15, 0.2) is 0 Å². The summed E-state index contributed by atoms with van der Waals surface area (Å²) in [5.41, 5.74) is -0.533. The SMILES string of the molecule is CC(C)(C)OC(=O)N[C@@H]1C(=O)N[C@@H]2CCC[C@H]12. The molecule has 0 aromatic heterocycles. The zero-order chi connectivity index (χ0) is 12.6. The lowest BCUT2D eigenvalue weighted by Gasteiger charge is -2.22. The Kier molecular flexibility index (Phi) is 3.02. The quantitative estimate of drug-likeness (QED) is 0.723. The van der Waals surface area contributed by atoms with Gasteiger partial charge >= 0.3 is 6.09 Å².